The Bertz CT molecular complexity index is 771. The number of aryl methyl sites for hydroxylation is 1. The lowest BCUT2D eigenvalue weighted by Crippen LogP contribution is -2.32. The number of nitrogens with one attached hydrogen (secondary N) is 1. The van der Waals surface area contributed by atoms with Crippen LogP contribution in [0, 0.1) is 0 Å². The first-order valence-electron chi connectivity index (χ1n) is 7.26. The number of hydrogen-bond acceptors (Lipinski definition) is 4. The number of furan rings is 1. The minimum absolute atomic E-state index is 0.132. The quantitative estimate of drug-likeness (QED) is 0.826. The second-order valence-corrected chi connectivity index (χ2v) is 7.24. The van der Waals surface area contributed by atoms with Crippen LogP contribution in [0.5, 0.6) is 0 Å². The van der Waals surface area contributed by atoms with Crippen molar-refractivity contribution in [3.05, 3.63) is 54.0 Å². The number of amides is 1. The normalized spacial score (nSPS) is 13.0. The molecule has 0 saturated carbocycles. The molecule has 0 spiro atoms. The maximum absolute atomic E-state index is 12.5. The summed E-state index contributed by atoms with van der Waals surface area (Å²) in [5.41, 5.74) is 0.202. The number of halogens is 2. The van der Waals surface area contributed by atoms with Gasteiger partial charge >= 0.3 is 5.76 Å². The van der Waals surface area contributed by atoms with Crippen molar-refractivity contribution in [1.29, 1.82) is 0 Å². The summed E-state index contributed by atoms with van der Waals surface area (Å²) in [6, 6.07) is 7.93. The molecule has 0 unspecified atom stereocenters. The highest BCUT2D eigenvalue weighted by Gasteiger charge is 2.26. The molecule has 130 valence electrons. The molecular weight excluding hydrogens is 340 g/mol. The molecule has 5 nitrogen and oxygen atoms in total. The first-order chi connectivity index (χ1) is 11.3. The summed E-state index contributed by atoms with van der Waals surface area (Å²) in [5, 5.41) is 2.76. The van der Waals surface area contributed by atoms with Crippen molar-refractivity contribution in [2.45, 2.75) is 36.5 Å². The molecule has 0 bridgehead atoms. The minimum Gasteiger partial charge on any atom is -0.469 e. The van der Waals surface area contributed by atoms with Crippen molar-refractivity contribution in [2.24, 2.45) is 0 Å². The van der Waals surface area contributed by atoms with Crippen LogP contribution in [0.2, 0.25) is 0 Å². The van der Waals surface area contributed by atoms with E-state index in [4.69, 9.17) is 4.42 Å². The number of rotatable bonds is 7. The Kier molecular flexibility index (Phi) is 5.71. The van der Waals surface area contributed by atoms with Gasteiger partial charge in [0.2, 0.25) is 9.84 Å². The van der Waals surface area contributed by atoms with Gasteiger partial charge in [-0.05, 0) is 49.7 Å². The summed E-state index contributed by atoms with van der Waals surface area (Å²) < 4.78 is 52.8. The molecule has 1 amide bonds. The van der Waals surface area contributed by atoms with Gasteiger partial charge in [-0.25, -0.2) is 8.42 Å². The largest absolute Gasteiger partial charge is 0.469 e. The van der Waals surface area contributed by atoms with Gasteiger partial charge in [0.25, 0.3) is 5.91 Å². The molecule has 2 rings (SSSR count). The molecule has 0 aliphatic carbocycles. The van der Waals surface area contributed by atoms with Crippen LogP contribution in [-0.4, -0.2) is 26.1 Å². The van der Waals surface area contributed by atoms with Crippen LogP contribution in [-0.2, 0) is 16.3 Å². The Morgan fingerprint density at radius 3 is 2.42 bits per heavy atom. The number of hydrogen-bond donors (Lipinski definition) is 1. The number of benzene rings is 1. The van der Waals surface area contributed by atoms with Gasteiger partial charge in [0.05, 0.1) is 11.2 Å². The van der Waals surface area contributed by atoms with Gasteiger partial charge in [-0.2, -0.15) is 8.78 Å². The lowest BCUT2D eigenvalue weighted by molar-refractivity contribution is 0.0938. The summed E-state index contributed by atoms with van der Waals surface area (Å²) in [6.45, 7) is 1.83. The highest BCUT2D eigenvalue weighted by atomic mass is 32.2. The fourth-order valence-electron chi connectivity index (χ4n) is 2.09. The van der Waals surface area contributed by atoms with Crippen LogP contribution in [0.1, 0.15) is 29.5 Å². The van der Waals surface area contributed by atoms with Crippen LogP contribution >= 0.6 is 0 Å². The Balaban J connectivity index is 1.95. The molecule has 8 heteroatoms. The van der Waals surface area contributed by atoms with Crippen molar-refractivity contribution >= 4 is 15.7 Å². The topological polar surface area (TPSA) is 76.4 Å². The molecule has 1 N–H and O–H groups in total. The van der Waals surface area contributed by atoms with E-state index < -0.39 is 26.4 Å². The zero-order valence-electron chi connectivity index (χ0n) is 12.9. The molecule has 0 saturated heterocycles. The van der Waals surface area contributed by atoms with Gasteiger partial charge < -0.3 is 9.73 Å². The van der Waals surface area contributed by atoms with E-state index in [0.29, 0.717) is 12.8 Å². The summed E-state index contributed by atoms with van der Waals surface area (Å²) in [5.74, 6) is -3.07. The number of carbonyl (C=O) groups excluding carboxylic acids is 1. The van der Waals surface area contributed by atoms with Crippen LogP contribution in [0.3, 0.4) is 0 Å². The lowest BCUT2D eigenvalue weighted by atomic mass is 10.1. The number of sulfone groups is 1. The third-order valence-corrected chi connectivity index (χ3v) is 4.86. The standard InChI is InChI=1S/C16H17F2NO4S/c1-11(4-7-13-3-2-10-23-13)19-15(20)12-5-8-14(9-6-12)24(21,22)16(17)18/h2-3,5-6,8-11,16H,4,7H2,1H3,(H,19,20)/t11-/m0/s1. The van der Waals surface area contributed by atoms with Gasteiger partial charge in [0.15, 0.2) is 0 Å². The number of alkyl halides is 2. The van der Waals surface area contributed by atoms with E-state index >= 15 is 0 Å². The Morgan fingerprint density at radius 1 is 1.21 bits per heavy atom. The van der Waals surface area contributed by atoms with E-state index in [1.165, 1.54) is 12.1 Å². The Morgan fingerprint density at radius 2 is 1.88 bits per heavy atom. The van der Waals surface area contributed by atoms with E-state index in [2.05, 4.69) is 5.32 Å². The van der Waals surface area contributed by atoms with Crippen LogP contribution in [0.4, 0.5) is 8.78 Å². The first kappa shape index (κ1) is 18.1. The second-order valence-electron chi connectivity index (χ2n) is 5.32. The molecule has 0 aliphatic heterocycles. The summed E-state index contributed by atoms with van der Waals surface area (Å²) in [4.78, 5) is 11.6. The van der Waals surface area contributed by atoms with E-state index in [1.54, 1.807) is 12.3 Å². The molecule has 1 atom stereocenters. The monoisotopic (exact) mass is 357 g/mol. The zero-order valence-corrected chi connectivity index (χ0v) is 13.7. The van der Waals surface area contributed by atoms with Gasteiger partial charge in [0.1, 0.15) is 5.76 Å². The van der Waals surface area contributed by atoms with Crippen LogP contribution in [0.25, 0.3) is 0 Å². The van der Waals surface area contributed by atoms with Crippen molar-refractivity contribution in [3.63, 3.8) is 0 Å². The average Bonchev–Trinajstić information content (AvgIpc) is 3.06. The third-order valence-electron chi connectivity index (χ3n) is 3.46. The highest BCUT2D eigenvalue weighted by Crippen LogP contribution is 2.18. The van der Waals surface area contributed by atoms with Crippen molar-refractivity contribution < 1.29 is 26.4 Å². The van der Waals surface area contributed by atoms with Gasteiger partial charge in [0, 0.05) is 18.0 Å². The maximum atomic E-state index is 12.5. The minimum atomic E-state index is -4.65. The van der Waals surface area contributed by atoms with E-state index in [9.17, 15) is 22.0 Å². The summed E-state index contributed by atoms with van der Waals surface area (Å²) in [6.07, 6.45) is 2.91. The van der Waals surface area contributed by atoms with Gasteiger partial charge in [-0.1, -0.05) is 0 Å². The fourth-order valence-corrected chi connectivity index (χ4v) is 2.81. The summed E-state index contributed by atoms with van der Waals surface area (Å²) in [7, 11) is -4.65. The third kappa shape index (κ3) is 4.41. The van der Waals surface area contributed by atoms with Gasteiger partial charge in [-0.15, -0.1) is 0 Å². The average molecular weight is 357 g/mol. The molecule has 1 aromatic heterocycles. The molecule has 24 heavy (non-hydrogen) atoms. The molecule has 0 radical (unpaired) electrons. The summed E-state index contributed by atoms with van der Waals surface area (Å²) >= 11 is 0. The van der Waals surface area contributed by atoms with Crippen molar-refractivity contribution in [2.75, 3.05) is 0 Å². The van der Waals surface area contributed by atoms with Crippen molar-refractivity contribution in [3.8, 4) is 0 Å². The van der Waals surface area contributed by atoms with E-state index in [-0.39, 0.29) is 11.6 Å². The smallest absolute Gasteiger partial charge is 0.341 e. The fraction of sp³-hybridized carbons (Fsp3) is 0.312. The SMILES string of the molecule is C[C@@H](CCc1ccco1)NC(=O)c1ccc(S(=O)(=O)C(F)F)cc1. The predicted molar refractivity (Wildman–Crippen MR) is 83.6 cm³/mol. The number of carbonyl (C=O) groups is 1. The first-order valence-corrected chi connectivity index (χ1v) is 8.80. The van der Waals surface area contributed by atoms with Crippen molar-refractivity contribution in [1.82, 2.24) is 5.32 Å². The Labute approximate surface area is 138 Å². The lowest BCUT2D eigenvalue weighted by Gasteiger charge is -2.13. The predicted octanol–water partition coefficient (Wildman–Crippen LogP) is 3.03. The van der Waals surface area contributed by atoms with Crippen LogP contribution in [0.15, 0.2) is 52.0 Å². The van der Waals surface area contributed by atoms with E-state index in [1.807, 2.05) is 13.0 Å². The molecule has 1 aromatic carbocycles. The molecule has 2 aromatic rings. The zero-order chi connectivity index (χ0) is 17.7. The molecule has 0 fully saturated rings. The second kappa shape index (κ2) is 7.57. The highest BCUT2D eigenvalue weighted by molar-refractivity contribution is 7.91. The van der Waals surface area contributed by atoms with E-state index in [0.717, 1.165) is 17.9 Å². The molecular formula is C16H17F2NO4S. The molecule has 0 aliphatic rings. The van der Waals surface area contributed by atoms with Gasteiger partial charge in [-0.3, -0.25) is 4.79 Å². The Hall–Kier alpha value is -2.22. The van der Waals surface area contributed by atoms with Crippen LogP contribution < -0.4 is 5.32 Å². The maximum Gasteiger partial charge on any atom is 0.341 e. The molecule has 1 heterocycles.